The monoisotopic (exact) mass is 273 g/mol. The van der Waals surface area contributed by atoms with Gasteiger partial charge in [-0.3, -0.25) is 9.59 Å². The van der Waals surface area contributed by atoms with E-state index < -0.39 is 5.54 Å². The van der Waals surface area contributed by atoms with Crippen molar-refractivity contribution in [1.29, 1.82) is 0 Å². The maximum Gasteiger partial charge on any atom is 0.325 e. The zero-order valence-electron chi connectivity index (χ0n) is 12.4. The van der Waals surface area contributed by atoms with Gasteiger partial charge in [-0.05, 0) is 33.9 Å². The molecular formula is C13H27N3O3. The lowest BCUT2D eigenvalue weighted by molar-refractivity contribution is -0.148. The Balaban J connectivity index is 3.96. The number of methoxy groups -OCH3 is 1. The number of ether oxygens (including phenoxy) is 1. The van der Waals surface area contributed by atoms with Gasteiger partial charge in [0.25, 0.3) is 0 Å². The summed E-state index contributed by atoms with van der Waals surface area (Å²) in [6.07, 6.45) is 4.16. The van der Waals surface area contributed by atoms with Gasteiger partial charge in [-0.15, -0.1) is 0 Å². The van der Waals surface area contributed by atoms with Crippen LogP contribution in [-0.4, -0.2) is 44.7 Å². The first-order valence-corrected chi connectivity index (χ1v) is 6.65. The van der Waals surface area contributed by atoms with Crippen molar-refractivity contribution < 1.29 is 14.3 Å². The highest BCUT2D eigenvalue weighted by Gasteiger charge is 2.31. The van der Waals surface area contributed by atoms with Gasteiger partial charge in [0.2, 0.25) is 5.91 Å². The van der Waals surface area contributed by atoms with Crippen molar-refractivity contribution in [1.82, 2.24) is 10.6 Å². The first-order valence-electron chi connectivity index (χ1n) is 6.65. The standard InChI is InChI=1S/C13H27N3O3/c1-13(16-3,12(18)19-4)9-7-5-6-8-10(15-2)11(14)17/h10,15-16H,5-9H2,1-4H3,(H2,14,17). The second-order valence-corrected chi connectivity index (χ2v) is 4.92. The third-order valence-electron chi connectivity index (χ3n) is 3.55. The molecule has 0 saturated carbocycles. The molecule has 0 aromatic rings. The number of likely N-dealkylation sites (N-methyl/N-ethyl adjacent to an activating group) is 2. The summed E-state index contributed by atoms with van der Waals surface area (Å²) in [6, 6.07) is -0.267. The second-order valence-electron chi connectivity index (χ2n) is 4.92. The minimum Gasteiger partial charge on any atom is -0.468 e. The Kier molecular flexibility index (Phi) is 8.34. The average molecular weight is 273 g/mol. The van der Waals surface area contributed by atoms with Crippen LogP contribution in [0, 0.1) is 0 Å². The number of primary amides is 1. The second kappa shape index (κ2) is 8.87. The van der Waals surface area contributed by atoms with Gasteiger partial charge in [-0.2, -0.15) is 0 Å². The highest BCUT2D eigenvalue weighted by atomic mass is 16.5. The molecule has 0 spiro atoms. The Bertz CT molecular complexity index is 297. The van der Waals surface area contributed by atoms with Crippen molar-refractivity contribution in [3.8, 4) is 0 Å². The molecule has 6 nitrogen and oxygen atoms in total. The number of rotatable bonds is 10. The van der Waals surface area contributed by atoms with Crippen molar-refractivity contribution in [2.24, 2.45) is 5.73 Å². The summed E-state index contributed by atoms with van der Waals surface area (Å²) in [5.41, 5.74) is 4.60. The van der Waals surface area contributed by atoms with Gasteiger partial charge in [-0.1, -0.05) is 19.3 Å². The van der Waals surface area contributed by atoms with E-state index in [4.69, 9.17) is 10.5 Å². The first kappa shape index (κ1) is 17.9. The van der Waals surface area contributed by atoms with Crippen LogP contribution in [0.4, 0.5) is 0 Å². The molecule has 1 amide bonds. The van der Waals surface area contributed by atoms with Crippen LogP contribution >= 0.6 is 0 Å². The number of hydrogen-bond acceptors (Lipinski definition) is 5. The smallest absolute Gasteiger partial charge is 0.325 e. The van der Waals surface area contributed by atoms with Crippen LogP contribution in [0.15, 0.2) is 0 Å². The molecule has 4 N–H and O–H groups in total. The van der Waals surface area contributed by atoms with E-state index in [2.05, 4.69) is 10.6 Å². The van der Waals surface area contributed by atoms with Crippen LogP contribution in [-0.2, 0) is 14.3 Å². The highest BCUT2D eigenvalue weighted by molar-refractivity contribution is 5.80. The molecule has 0 aliphatic rings. The number of nitrogens with one attached hydrogen (secondary N) is 2. The summed E-state index contributed by atoms with van der Waals surface area (Å²) in [6.45, 7) is 1.83. The largest absolute Gasteiger partial charge is 0.468 e. The van der Waals surface area contributed by atoms with Gasteiger partial charge in [0.1, 0.15) is 5.54 Å². The molecule has 2 atom stereocenters. The molecule has 0 bridgehead atoms. The van der Waals surface area contributed by atoms with Crippen molar-refractivity contribution in [2.45, 2.75) is 50.6 Å². The zero-order valence-corrected chi connectivity index (χ0v) is 12.4. The number of carbonyl (C=O) groups excluding carboxylic acids is 2. The minimum absolute atomic E-state index is 0.250. The molecule has 0 aromatic carbocycles. The third kappa shape index (κ3) is 6.02. The Morgan fingerprint density at radius 3 is 2.32 bits per heavy atom. The molecule has 0 fully saturated rings. The third-order valence-corrected chi connectivity index (χ3v) is 3.55. The maximum absolute atomic E-state index is 11.6. The van der Waals surface area contributed by atoms with Gasteiger partial charge in [0.15, 0.2) is 0 Å². The van der Waals surface area contributed by atoms with Gasteiger partial charge < -0.3 is 21.1 Å². The molecule has 6 heteroatoms. The summed E-state index contributed by atoms with van der Waals surface area (Å²) in [5.74, 6) is -0.572. The predicted octanol–water partition coefficient (Wildman–Crippen LogP) is 0.161. The molecule has 19 heavy (non-hydrogen) atoms. The van der Waals surface area contributed by atoms with Crippen molar-refractivity contribution >= 4 is 11.9 Å². The first-order chi connectivity index (χ1) is 8.91. The van der Waals surface area contributed by atoms with Crippen LogP contribution in [0.1, 0.15) is 39.0 Å². The number of carbonyl (C=O) groups is 2. The summed E-state index contributed by atoms with van der Waals surface area (Å²) < 4.78 is 4.78. The molecular weight excluding hydrogens is 246 g/mol. The zero-order chi connectivity index (χ0) is 14.9. The van der Waals surface area contributed by atoms with Crippen LogP contribution in [0.3, 0.4) is 0 Å². The summed E-state index contributed by atoms with van der Waals surface area (Å²) in [5, 5.41) is 5.88. The highest BCUT2D eigenvalue weighted by Crippen LogP contribution is 2.17. The van der Waals surface area contributed by atoms with Gasteiger partial charge in [-0.25, -0.2) is 0 Å². The van der Waals surface area contributed by atoms with Crippen LogP contribution in [0.25, 0.3) is 0 Å². The maximum atomic E-state index is 11.6. The van der Waals surface area contributed by atoms with E-state index in [0.717, 1.165) is 25.7 Å². The van der Waals surface area contributed by atoms with E-state index in [1.807, 2.05) is 6.92 Å². The number of hydrogen-bond donors (Lipinski definition) is 3. The summed E-state index contributed by atoms with van der Waals surface area (Å²) >= 11 is 0. The molecule has 0 heterocycles. The lowest BCUT2D eigenvalue weighted by Crippen LogP contribution is -2.48. The van der Waals surface area contributed by atoms with Crippen molar-refractivity contribution in [2.75, 3.05) is 21.2 Å². The van der Waals surface area contributed by atoms with E-state index in [-0.39, 0.29) is 17.9 Å². The average Bonchev–Trinajstić information content (AvgIpc) is 2.40. The topological polar surface area (TPSA) is 93.4 Å². The molecule has 0 aliphatic heterocycles. The van der Waals surface area contributed by atoms with Crippen molar-refractivity contribution in [3.05, 3.63) is 0 Å². The lowest BCUT2D eigenvalue weighted by Gasteiger charge is -2.26. The number of amides is 1. The molecule has 0 aliphatic carbocycles. The van der Waals surface area contributed by atoms with Gasteiger partial charge >= 0.3 is 5.97 Å². The minimum atomic E-state index is -0.638. The normalized spacial score (nSPS) is 15.6. The quantitative estimate of drug-likeness (QED) is 0.389. The van der Waals surface area contributed by atoms with Crippen LogP contribution < -0.4 is 16.4 Å². The molecule has 0 radical (unpaired) electrons. The number of unbranched alkanes of at least 4 members (excludes halogenated alkanes) is 2. The Hall–Kier alpha value is -1.14. The SMILES string of the molecule is CNC(CCCCCC(C)(NC)C(=O)OC)C(N)=O. The summed E-state index contributed by atoms with van der Waals surface area (Å²) in [4.78, 5) is 22.6. The van der Waals surface area contributed by atoms with Gasteiger partial charge in [0.05, 0.1) is 13.2 Å². The number of esters is 1. The number of nitrogens with two attached hydrogens (primary N) is 1. The fourth-order valence-electron chi connectivity index (χ4n) is 1.99. The van der Waals surface area contributed by atoms with Gasteiger partial charge in [0, 0.05) is 0 Å². The van der Waals surface area contributed by atoms with E-state index in [9.17, 15) is 9.59 Å². The van der Waals surface area contributed by atoms with Crippen LogP contribution in [0.5, 0.6) is 0 Å². The predicted molar refractivity (Wildman–Crippen MR) is 74.6 cm³/mol. The van der Waals surface area contributed by atoms with E-state index >= 15 is 0 Å². The van der Waals surface area contributed by atoms with E-state index in [1.165, 1.54) is 7.11 Å². The van der Waals surface area contributed by atoms with Crippen molar-refractivity contribution in [3.63, 3.8) is 0 Å². The molecule has 0 saturated heterocycles. The summed E-state index contributed by atoms with van der Waals surface area (Å²) in [7, 11) is 4.87. The molecule has 0 rings (SSSR count). The van der Waals surface area contributed by atoms with Crippen LogP contribution in [0.2, 0.25) is 0 Å². The van der Waals surface area contributed by atoms with E-state index in [1.54, 1.807) is 14.1 Å². The Morgan fingerprint density at radius 1 is 1.26 bits per heavy atom. The Labute approximate surface area is 115 Å². The molecule has 0 aromatic heterocycles. The fourth-order valence-corrected chi connectivity index (χ4v) is 1.99. The molecule has 112 valence electrons. The fraction of sp³-hybridized carbons (Fsp3) is 0.846. The lowest BCUT2D eigenvalue weighted by atomic mass is 9.94. The Morgan fingerprint density at radius 2 is 1.89 bits per heavy atom. The molecule has 2 unspecified atom stereocenters. The van der Waals surface area contributed by atoms with E-state index in [0.29, 0.717) is 6.42 Å².